The molecule has 0 aromatic heterocycles. The number of carboxylic acids is 1. The lowest BCUT2D eigenvalue weighted by atomic mass is 10.1. The zero-order chi connectivity index (χ0) is 16.3. The minimum absolute atomic E-state index is 0.152. The number of hydrogen-bond acceptors (Lipinski definition) is 3. The lowest BCUT2D eigenvalue weighted by molar-refractivity contribution is -0.145. The Morgan fingerprint density at radius 2 is 2.00 bits per heavy atom. The molecule has 2 atom stereocenters. The zero-order valence-electron chi connectivity index (χ0n) is 12.7. The van der Waals surface area contributed by atoms with Gasteiger partial charge >= 0.3 is 5.97 Å². The van der Waals surface area contributed by atoms with E-state index in [4.69, 9.17) is 9.84 Å². The van der Waals surface area contributed by atoms with Crippen molar-refractivity contribution in [3.63, 3.8) is 0 Å². The smallest absolute Gasteiger partial charge is 0.308 e. The molecule has 1 aliphatic carbocycles. The van der Waals surface area contributed by atoms with Crippen LogP contribution in [-0.2, 0) is 9.59 Å². The maximum atomic E-state index is 12.6. The number of ether oxygens (including phenoxy) is 1. The van der Waals surface area contributed by atoms with Gasteiger partial charge in [-0.3, -0.25) is 9.59 Å². The summed E-state index contributed by atoms with van der Waals surface area (Å²) in [6.07, 6.45) is 1.21. The van der Waals surface area contributed by atoms with E-state index >= 15 is 0 Å². The lowest BCUT2D eigenvalue weighted by Gasteiger charge is -2.27. The van der Waals surface area contributed by atoms with Crippen LogP contribution in [0.25, 0.3) is 0 Å². The lowest BCUT2D eigenvalue weighted by Crippen LogP contribution is -2.45. The van der Waals surface area contributed by atoms with Gasteiger partial charge in [0.15, 0.2) is 6.10 Å². The van der Waals surface area contributed by atoms with Crippen molar-refractivity contribution in [2.45, 2.75) is 38.8 Å². The summed E-state index contributed by atoms with van der Waals surface area (Å²) in [5.74, 6) is -1.03. The molecule has 1 saturated carbocycles. The number of rotatable bonds is 7. The van der Waals surface area contributed by atoms with Gasteiger partial charge in [-0.25, -0.2) is 0 Å². The van der Waals surface area contributed by atoms with Crippen molar-refractivity contribution in [1.29, 1.82) is 0 Å². The maximum Gasteiger partial charge on any atom is 0.308 e. The second-order valence-electron chi connectivity index (χ2n) is 5.65. The van der Waals surface area contributed by atoms with E-state index < -0.39 is 18.0 Å². The van der Waals surface area contributed by atoms with Gasteiger partial charge in [-0.05, 0) is 47.8 Å². The molecule has 22 heavy (non-hydrogen) atoms. The van der Waals surface area contributed by atoms with E-state index in [1.807, 2.05) is 18.2 Å². The third kappa shape index (κ3) is 4.22. The minimum atomic E-state index is -0.891. The van der Waals surface area contributed by atoms with Crippen LogP contribution in [0.2, 0.25) is 0 Å². The SMILES string of the molecule is CC(CN(C(=O)C(C)Oc1ccccc1Br)C1CC1)C(=O)O. The van der Waals surface area contributed by atoms with E-state index in [2.05, 4.69) is 15.9 Å². The predicted molar refractivity (Wildman–Crippen MR) is 85.8 cm³/mol. The number of amides is 1. The molecule has 5 nitrogen and oxygen atoms in total. The van der Waals surface area contributed by atoms with Crippen LogP contribution in [0.15, 0.2) is 28.7 Å². The van der Waals surface area contributed by atoms with Crippen LogP contribution >= 0.6 is 15.9 Å². The summed E-state index contributed by atoms with van der Waals surface area (Å²) in [5, 5.41) is 9.05. The first-order chi connectivity index (χ1) is 10.4. The van der Waals surface area contributed by atoms with Crippen molar-refractivity contribution in [1.82, 2.24) is 4.90 Å². The van der Waals surface area contributed by atoms with E-state index in [9.17, 15) is 9.59 Å². The highest BCUT2D eigenvalue weighted by molar-refractivity contribution is 9.10. The summed E-state index contributed by atoms with van der Waals surface area (Å²) in [5.41, 5.74) is 0. The van der Waals surface area contributed by atoms with E-state index in [-0.39, 0.29) is 18.5 Å². The molecule has 1 aliphatic rings. The number of nitrogens with zero attached hydrogens (tertiary/aromatic N) is 1. The molecule has 0 saturated heterocycles. The van der Waals surface area contributed by atoms with Crippen LogP contribution in [-0.4, -0.2) is 40.6 Å². The molecule has 1 N–H and O–H groups in total. The number of carbonyl (C=O) groups excluding carboxylic acids is 1. The van der Waals surface area contributed by atoms with Crippen LogP contribution in [0.1, 0.15) is 26.7 Å². The van der Waals surface area contributed by atoms with Crippen molar-refractivity contribution < 1.29 is 19.4 Å². The molecule has 2 unspecified atom stereocenters. The normalized spacial score (nSPS) is 16.7. The number of benzene rings is 1. The van der Waals surface area contributed by atoms with Crippen molar-refractivity contribution in [3.8, 4) is 5.75 Å². The van der Waals surface area contributed by atoms with Gasteiger partial charge < -0.3 is 14.7 Å². The highest BCUT2D eigenvalue weighted by atomic mass is 79.9. The molecule has 6 heteroatoms. The third-order valence-corrected chi connectivity index (χ3v) is 4.31. The van der Waals surface area contributed by atoms with Crippen molar-refractivity contribution >= 4 is 27.8 Å². The Balaban J connectivity index is 2.03. The van der Waals surface area contributed by atoms with E-state index in [0.29, 0.717) is 5.75 Å². The minimum Gasteiger partial charge on any atom is -0.481 e. The van der Waals surface area contributed by atoms with E-state index in [1.165, 1.54) is 0 Å². The third-order valence-electron chi connectivity index (χ3n) is 3.65. The van der Waals surface area contributed by atoms with Crippen LogP contribution in [0.5, 0.6) is 5.75 Å². The number of hydrogen-bond donors (Lipinski definition) is 1. The Hall–Kier alpha value is -1.56. The molecule has 2 rings (SSSR count). The summed E-state index contributed by atoms with van der Waals surface area (Å²) in [6, 6.07) is 7.49. The van der Waals surface area contributed by atoms with Gasteiger partial charge in [-0.2, -0.15) is 0 Å². The van der Waals surface area contributed by atoms with Gasteiger partial charge in [0.1, 0.15) is 5.75 Å². The Bertz CT molecular complexity index is 559. The second kappa shape index (κ2) is 7.13. The summed E-state index contributed by atoms with van der Waals surface area (Å²) in [6.45, 7) is 3.54. The summed E-state index contributed by atoms with van der Waals surface area (Å²) >= 11 is 3.38. The highest BCUT2D eigenvalue weighted by Gasteiger charge is 2.37. The monoisotopic (exact) mass is 369 g/mol. The number of halogens is 1. The molecule has 0 radical (unpaired) electrons. The van der Waals surface area contributed by atoms with Gasteiger partial charge in [0.25, 0.3) is 5.91 Å². The first kappa shape index (κ1) is 16.8. The highest BCUT2D eigenvalue weighted by Crippen LogP contribution is 2.30. The van der Waals surface area contributed by atoms with Gasteiger partial charge in [-0.15, -0.1) is 0 Å². The molecular formula is C16H20BrNO4. The number of carboxylic acid groups (broad SMARTS) is 1. The topological polar surface area (TPSA) is 66.8 Å². The molecule has 120 valence electrons. The van der Waals surface area contributed by atoms with Crippen LogP contribution < -0.4 is 4.74 Å². The second-order valence-corrected chi connectivity index (χ2v) is 6.51. The summed E-state index contributed by atoms with van der Waals surface area (Å²) in [4.78, 5) is 25.3. The van der Waals surface area contributed by atoms with Crippen LogP contribution in [0.3, 0.4) is 0 Å². The molecule has 0 spiro atoms. The van der Waals surface area contributed by atoms with Gasteiger partial charge in [0, 0.05) is 12.6 Å². The van der Waals surface area contributed by atoms with Crippen molar-refractivity contribution in [3.05, 3.63) is 28.7 Å². The quantitative estimate of drug-likeness (QED) is 0.802. The van der Waals surface area contributed by atoms with E-state index in [0.717, 1.165) is 17.3 Å². The first-order valence-electron chi connectivity index (χ1n) is 7.34. The first-order valence-corrected chi connectivity index (χ1v) is 8.14. The fourth-order valence-corrected chi connectivity index (χ4v) is 2.57. The average Bonchev–Trinajstić information content (AvgIpc) is 3.30. The van der Waals surface area contributed by atoms with Crippen LogP contribution in [0, 0.1) is 5.92 Å². The molecule has 1 aromatic rings. The molecule has 0 bridgehead atoms. The Morgan fingerprint density at radius 1 is 1.36 bits per heavy atom. The number of aliphatic carboxylic acids is 1. The maximum absolute atomic E-state index is 12.6. The fraction of sp³-hybridized carbons (Fsp3) is 0.500. The standard InChI is InChI=1S/C16H20BrNO4/c1-10(16(20)21)9-18(12-7-8-12)15(19)11(2)22-14-6-4-3-5-13(14)17/h3-6,10-12H,7-9H2,1-2H3,(H,20,21). The van der Waals surface area contributed by atoms with Crippen LogP contribution in [0.4, 0.5) is 0 Å². The van der Waals surface area contributed by atoms with Crippen molar-refractivity contribution in [2.75, 3.05) is 6.54 Å². The Labute approximate surface area is 138 Å². The average molecular weight is 370 g/mol. The Kier molecular flexibility index (Phi) is 5.45. The molecule has 1 amide bonds. The number of carbonyl (C=O) groups is 2. The number of para-hydroxylation sites is 1. The van der Waals surface area contributed by atoms with Gasteiger partial charge in [0.2, 0.25) is 0 Å². The molecule has 1 aromatic carbocycles. The van der Waals surface area contributed by atoms with E-state index in [1.54, 1.807) is 24.8 Å². The zero-order valence-corrected chi connectivity index (χ0v) is 14.2. The molecular weight excluding hydrogens is 350 g/mol. The summed E-state index contributed by atoms with van der Waals surface area (Å²) in [7, 11) is 0. The van der Waals surface area contributed by atoms with Gasteiger partial charge in [0.05, 0.1) is 10.4 Å². The van der Waals surface area contributed by atoms with Gasteiger partial charge in [-0.1, -0.05) is 19.1 Å². The fourth-order valence-electron chi connectivity index (χ4n) is 2.19. The van der Waals surface area contributed by atoms with Crippen molar-refractivity contribution in [2.24, 2.45) is 5.92 Å². The molecule has 0 heterocycles. The Morgan fingerprint density at radius 3 is 2.55 bits per heavy atom. The largest absolute Gasteiger partial charge is 0.481 e. The molecule has 0 aliphatic heterocycles. The predicted octanol–water partition coefficient (Wildman–Crippen LogP) is 2.93. The summed E-state index contributed by atoms with van der Waals surface area (Å²) < 4.78 is 6.51. The molecule has 1 fully saturated rings.